The number of halogens is 1. The van der Waals surface area contributed by atoms with Crippen molar-refractivity contribution >= 4 is 17.6 Å². The van der Waals surface area contributed by atoms with Crippen LogP contribution in [0.5, 0.6) is 0 Å². The Balaban J connectivity index is 1.74. The molecule has 2 rings (SSSR count). The zero-order valence-electron chi connectivity index (χ0n) is 18.0. The van der Waals surface area contributed by atoms with Gasteiger partial charge in [-0.25, -0.2) is 0 Å². The smallest absolute Gasteiger partial charge is 0.191 e. The van der Waals surface area contributed by atoms with E-state index in [-0.39, 0.29) is 0 Å². The van der Waals surface area contributed by atoms with Crippen LogP contribution in [0, 0.1) is 5.92 Å². The maximum Gasteiger partial charge on any atom is 0.191 e. The highest BCUT2D eigenvalue weighted by molar-refractivity contribution is 6.30. The summed E-state index contributed by atoms with van der Waals surface area (Å²) in [5.41, 5.74) is 1.30. The summed E-state index contributed by atoms with van der Waals surface area (Å²) in [6, 6.07) is 8.49. The fourth-order valence-corrected chi connectivity index (χ4v) is 3.41. The highest BCUT2D eigenvalue weighted by Crippen LogP contribution is 2.16. The van der Waals surface area contributed by atoms with Crippen molar-refractivity contribution in [2.24, 2.45) is 10.9 Å². The molecule has 6 nitrogen and oxygen atoms in total. The first kappa shape index (κ1) is 23.9. The normalized spacial score (nSPS) is 17.5. The molecule has 164 valence electrons. The predicted molar refractivity (Wildman–Crippen MR) is 121 cm³/mol. The van der Waals surface area contributed by atoms with Crippen molar-refractivity contribution in [3.63, 3.8) is 0 Å². The summed E-state index contributed by atoms with van der Waals surface area (Å²) in [5.74, 6) is 1.24. The number of likely N-dealkylation sites (tertiary alicyclic amines) is 1. The molecule has 0 spiro atoms. The minimum absolute atomic E-state index is 0.324. The van der Waals surface area contributed by atoms with Crippen LogP contribution in [0.1, 0.15) is 39.2 Å². The van der Waals surface area contributed by atoms with Crippen LogP contribution in [0.4, 0.5) is 0 Å². The summed E-state index contributed by atoms with van der Waals surface area (Å²) in [6.45, 7) is 11.4. The fraction of sp³-hybridized carbons (Fsp3) is 0.682. The third-order valence-corrected chi connectivity index (χ3v) is 5.07. The van der Waals surface area contributed by atoms with Crippen molar-refractivity contribution in [3.05, 3.63) is 34.9 Å². The average molecular weight is 425 g/mol. The highest BCUT2D eigenvalue weighted by Gasteiger charge is 2.20. The Labute approximate surface area is 180 Å². The Hall–Kier alpha value is -1.34. The number of piperidine rings is 1. The maximum atomic E-state index is 10.1. The van der Waals surface area contributed by atoms with Crippen LogP contribution in [0.15, 0.2) is 29.3 Å². The molecular weight excluding hydrogens is 388 g/mol. The lowest BCUT2D eigenvalue weighted by atomic mass is 10.0. The van der Waals surface area contributed by atoms with Gasteiger partial charge in [0.1, 0.15) is 0 Å². The lowest BCUT2D eigenvalue weighted by Gasteiger charge is -2.33. The molecule has 0 saturated carbocycles. The molecule has 3 N–H and O–H groups in total. The van der Waals surface area contributed by atoms with Crippen LogP contribution in [0.25, 0.3) is 0 Å². The van der Waals surface area contributed by atoms with Gasteiger partial charge in [0.2, 0.25) is 0 Å². The monoisotopic (exact) mass is 424 g/mol. The van der Waals surface area contributed by atoms with Crippen LogP contribution in [0.3, 0.4) is 0 Å². The van der Waals surface area contributed by atoms with Gasteiger partial charge in [0, 0.05) is 43.9 Å². The molecule has 1 aromatic carbocycles. The molecule has 7 heteroatoms. The molecule has 1 atom stereocenters. The van der Waals surface area contributed by atoms with Gasteiger partial charge in [0.15, 0.2) is 5.96 Å². The highest BCUT2D eigenvalue weighted by atomic mass is 35.5. The number of aliphatic hydroxyl groups is 1. The quantitative estimate of drug-likeness (QED) is 0.398. The van der Waals surface area contributed by atoms with Crippen LogP contribution in [-0.2, 0) is 11.3 Å². The number of rotatable bonds is 10. The number of nitrogens with zero attached hydrogens (tertiary/aromatic N) is 2. The second-order valence-corrected chi connectivity index (χ2v) is 8.56. The second kappa shape index (κ2) is 13.1. The minimum atomic E-state index is -0.578. The number of ether oxygens (including phenoxy) is 1. The number of nitrogens with one attached hydrogen (secondary N) is 2. The summed E-state index contributed by atoms with van der Waals surface area (Å²) in [4.78, 5) is 7.01. The standard InChI is InChI=1S/C22H37ClN4O2/c1-4-24-22(25-13-21(28)16-29-15-17(2)3)26-20-9-11-27(12-10-20)14-18-5-7-19(23)8-6-18/h5-8,17,20-21,28H,4,9-16H2,1-3H3,(H2,24,25,26). The summed E-state index contributed by atoms with van der Waals surface area (Å²) in [7, 11) is 0. The third kappa shape index (κ3) is 9.81. The van der Waals surface area contributed by atoms with E-state index in [0.717, 1.165) is 50.0 Å². The Kier molecular flexibility index (Phi) is 10.8. The van der Waals surface area contributed by atoms with Gasteiger partial charge < -0.3 is 20.5 Å². The van der Waals surface area contributed by atoms with E-state index >= 15 is 0 Å². The number of hydrogen-bond acceptors (Lipinski definition) is 4. The molecule has 0 aromatic heterocycles. The number of guanidine groups is 1. The molecule has 1 aliphatic rings. The predicted octanol–water partition coefficient (Wildman–Crippen LogP) is 2.89. The van der Waals surface area contributed by atoms with Crippen LogP contribution in [0.2, 0.25) is 5.02 Å². The van der Waals surface area contributed by atoms with Crippen molar-refractivity contribution < 1.29 is 9.84 Å². The van der Waals surface area contributed by atoms with E-state index in [1.165, 1.54) is 5.56 Å². The summed E-state index contributed by atoms with van der Waals surface area (Å²) < 4.78 is 5.49. The SMILES string of the molecule is CCNC(=NCC(O)COCC(C)C)NC1CCN(Cc2ccc(Cl)cc2)CC1. The lowest BCUT2D eigenvalue weighted by molar-refractivity contribution is 0.0301. The molecule has 1 unspecified atom stereocenters. The first-order valence-corrected chi connectivity index (χ1v) is 11.1. The Bertz CT molecular complexity index is 601. The van der Waals surface area contributed by atoms with Gasteiger partial charge in [-0.1, -0.05) is 37.6 Å². The minimum Gasteiger partial charge on any atom is -0.389 e. The number of benzene rings is 1. The summed E-state index contributed by atoms with van der Waals surface area (Å²) in [5, 5.41) is 17.7. The van der Waals surface area contributed by atoms with Crippen molar-refractivity contribution in [1.82, 2.24) is 15.5 Å². The second-order valence-electron chi connectivity index (χ2n) is 8.13. The zero-order chi connectivity index (χ0) is 21.1. The van der Waals surface area contributed by atoms with Crippen LogP contribution in [-0.4, -0.2) is 67.5 Å². The molecule has 0 radical (unpaired) electrons. The molecule has 29 heavy (non-hydrogen) atoms. The van der Waals surface area contributed by atoms with Gasteiger partial charge in [-0.05, 0) is 43.4 Å². The third-order valence-electron chi connectivity index (χ3n) is 4.81. The fourth-order valence-electron chi connectivity index (χ4n) is 3.29. The van der Waals surface area contributed by atoms with Gasteiger partial charge in [-0.15, -0.1) is 0 Å². The van der Waals surface area contributed by atoms with Gasteiger partial charge >= 0.3 is 0 Å². The number of hydrogen-bond donors (Lipinski definition) is 3. The van der Waals surface area contributed by atoms with E-state index in [2.05, 4.69) is 46.5 Å². The van der Waals surface area contributed by atoms with E-state index in [0.29, 0.717) is 31.7 Å². The first-order chi connectivity index (χ1) is 14.0. The van der Waals surface area contributed by atoms with Gasteiger partial charge in [0.05, 0.1) is 19.3 Å². The van der Waals surface area contributed by atoms with Gasteiger partial charge in [-0.3, -0.25) is 9.89 Å². The van der Waals surface area contributed by atoms with Crippen LogP contribution < -0.4 is 10.6 Å². The Morgan fingerprint density at radius 3 is 2.55 bits per heavy atom. The summed E-state index contributed by atoms with van der Waals surface area (Å²) in [6.07, 6.45) is 1.56. The average Bonchev–Trinajstić information content (AvgIpc) is 2.69. The Morgan fingerprint density at radius 2 is 1.93 bits per heavy atom. The molecule has 1 saturated heterocycles. The zero-order valence-corrected chi connectivity index (χ0v) is 18.8. The maximum absolute atomic E-state index is 10.1. The number of aliphatic hydroxyl groups excluding tert-OH is 1. The molecular formula is C22H37ClN4O2. The molecule has 1 heterocycles. The van der Waals surface area contributed by atoms with Crippen molar-refractivity contribution in [1.29, 1.82) is 0 Å². The Morgan fingerprint density at radius 1 is 1.24 bits per heavy atom. The van der Waals surface area contributed by atoms with E-state index < -0.39 is 6.10 Å². The molecule has 1 aliphatic heterocycles. The van der Waals surface area contributed by atoms with E-state index in [1.807, 2.05) is 19.1 Å². The molecule has 0 aliphatic carbocycles. The van der Waals surface area contributed by atoms with Crippen molar-refractivity contribution in [2.45, 2.75) is 52.3 Å². The van der Waals surface area contributed by atoms with Crippen molar-refractivity contribution in [3.8, 4) is 0 Å². The molecule has 1 aromatic rings. The topological polar surface area (TPSA) is 69.1 Å². The van der Waals surface area contributed by atoms with Gasteiger partial charge in [0.25, 0.3) is 0 Å². The van der Waals surface area contributed by atoms with Crippen molar-refractivity contribution in [2.75, 3.05) is 39.4 Å². The molecule has 0 bridgehead atoms. The van der Waals surface area contributed by atoms with E-state index in [4.69, 9.17) is 16.3 Å². The van der Waals surface area contributed by atoms with Gasteiger partial charge in [-0.2, -0.15) is 0 Å². The van der Waals surface area contributed by atoms with E-state index in [9.17, 15) is 5.11 Å². The lowest BCUT2D eigenvalue weighted by Crippen LogP contribution is -2.48. The number of aliphatic imine (C=N–C) groups is 1. The largest absolute Gasteiger partial charge is 0.389 e. The van der Waals surface area contributed by atoms with Crippen LogP contribution >= 0.6 is 11.6 Å². The molecule has 1 fully saturated rings. The summed E-state index contributed by atoms with van der Waals surface area (Å²) >= 11 is 5.97. The molecule has 0 amide bonds. The first-order valence-electron chi connectivity index (χ1n) is 10.7. The van der Waals surface area contributed by atoms with E-state index in [1.54, 1.807) is 0 Å².